The van der Waals surface area contributed by atoms with Crippen molar-refractivity contribution in [2.75, 3.05) is 0 Å². The molecular weight excluding hydrogens is 398 g/mol. The zero-order chi connectivity index (χ0) is 21.1. The molecule has 0 aliphatic rings. The second-order valence-electron chi connectivity index (χ2n) is 7.16. The average Bonchev–Trinajstić information content (AvgIpc) is 3.16. The molecule has 152 valence electrons. The average molecular weight is 420 g/mol. The largest absolute Gasteiger partial charge is 0.426 e. The van der Waals surface area contributed by atoms with Crippen molar-refractivity contribution in [3.8, 4) is 16.3 Å². The minimum Gasteiger partial charge on any atom is -0.426 e. The van der Waals surface area contributed by atoms with Crippen LogP contribution in [-0.4, -0.2) is 11.0 Å². The zero-order valence-electron chi connectivity index (χ0n) is 16.8. The molecule has 0 saturated carbocycles. The van der Waals surface area contributed by atoms with E-state index >= 15 is 0 Å². The van der Waals surface area contributed by atoms with Crippen molar-refractivity contribution in [3.05, 3.63) is 81.2 Å². The van der Waals surface area contributed by atoms with E-state index in [1.807, 2.05) is 36.6 Å². The molecule has 5 nitrogen and oxygen atoms in total. The molecule has 4 rings (SSSR count). The van der Waals surface area contributed by atoms with E-state index in [2.05, 4.69) is 18.0 Å². The van der Waals surface area contributed by atoms with Gasteiger partial charge in [-0.25, -0.2) is 9.78 Å². The Balaban J connectivity index is 1.49. The number of aryl methyl sites for hydroxylation is 2. The molecule has 0 fully saturated rings. The number of carbonyl (C=O) groups excluding carboxylic acids is 1. The van der Waals surface area contributed by atoms with Crippen molar-refractivity contribution in [2.45, 2.75) is 33.1 Å². The topological polar surface area (TPSA) is 69.4 Å². The maximum atomic E-state index is 12.4. The highest BCUT2D eigenvalue weighted by Crippen LogP contribution is 2.26. The standard InChI is InChI=1S/C24H21NO4S/c1-3-5-16-11-22(26)29-21-13-19(8-9-20(16)21)28-23(27)12-18-14-30-24(25-18)17-7-4-6-15(2)10-17/h4,6-11,13-14H,3,5,12H2,1-2H3. The van der Waals surface area contributed by atoms with Crippen LogP contribution in [0.15, 0.2) is 63.1 Å². The molecule has 2 aromatic carbocycles. The number of thiazole rings is 1. The van der Waals surface area contributed by atoms with Crippen molar-refractivity contribution >= 4 is 28.3 Å². The quantitative estimate of drug-likeness (QED) is 0.240. The van der Waals surface area contributed by atoms with Crippen LogP contribution < -0.4 is 10.4 Å². The molecule has 0 atom stereocenters. The minimum atomic E-state index is -0.414. The van der Waals surface area contributed by atoms with Gasteiger partial charge in [0.15, 0.2) is 0 Å². The molecule has 0 saturated heterocycles. The molecule has 2 aromatic heterocycles. The van der Waals surface area contributed by atoms with Gasteiger partial charge in [-0.3, -0.25) is 4.79 Å². The van der Waals surface area contributed by atoms with Gasteiger partial charge in [0.05, 0.1) is 12.1 Å². The van der Waals surface area contributed by atoms with Crippen LogP contribution in [0.2, 0.25) is 0 Å². The molecular formula is C24H21NO4S. The van der Waals surface area contributed by atoms with Crippen LogP contribution in [0.3, 0.4) is 0 Å². The monoisotopic (exact) mass is 419 g/mol. The maximum absolute atomic E-state index is 12.4. The van der Waals surface area contributed by atoms with Gasteiger partial charge in [0.2, 0.25) is 0 Å². The highest BCUT2D eigenvalue weighted by atomic mass is 32.1. The third-order valence-electron chi connectivity index (χ3n) is 4.69. The van der Waals surface area contributed by atoms with Crippen molar-refractivity contribution in [1.82, 2.24) is 4.98 Å². The van der Waals surface area contributed by atoms with Crippen LogP contribution in [-0.2, 0) is 17.6 Å². The second-order valence-corrected chi connectivity index (χ2v) is 8.02. The minimum absolute atomic E-state index is 0.0696. The number of nitrogens with zero attached hydrogens (tertiary/aromatic N) is 1. The van der Waals surface area contributed by atoms with Crippen LogP contribution in [0.4, 0.5) is 0 Å². The van der Waals surface area contributed by atoms with Crippen LogP contribution in [0.5, 0.6) is 5.75 Å². The Labute approximate surface area is 178 Å². The summed E-state index contributed by atoms with van der Waals surface area (Å²) in [6.45, 7) is 4.09. The maximum Gasteiger partial charge on any atom is 0.336 e. The number of rotatable bonds is 6. The molecule has 0 radical (unpaired) electrons. The Morgan fingerprint density at radius 2 is 2.03 bits per heavy atom. The number of hydrogen-bond donors (Lipinski definition) is 0. The van der Waals surface area contributed by atoms with Crippen LogP contribution in [0, 0.1) is 6.92 Å². The molecule has 0 N–H and O–H groups in total. The van der Waals surface area contributed by atoms with Crippen molar-refractivity contribution in [2.24, 2.45) is 0 Å². The second kappa shape index (κ2) is 8.63. The highest BCUT2D eigenvalue weighted by molar-refractivity contribution is 7.13. The Bertz CT molecular complexity index is 1270. The lowest BCUT2D eigenvalue weighted by molar-refractivity contribution is -0.133. The van der Waals surface area contributed by atoms with E-state index in [4.69, 9.17) is 9.15 Å². The number of hydrogen-bond acceptors (Lipinski definition) is 6. The molecule has 0 spiro atoms. The summed E-state index contributed by atoms with van der Waals surface area (Å²) in [6, 6.07) is 14.7. The fourth-order valence-electron chi connectivity index (χ4n) is 3.36. The Hall–Kier alpha value is -3.25. The van der Waals surface area contributed by atoms with E-state index in [0.29, 0.717) is 17.0 Å². The molecule has 0 unspecified atom stereocenters. The van der Waals surface area contributed by atoms with E-state index in [0.717, 1.165) is 39.9 Å². The summed E-state index contributed by atoms with van der Waals surface area (Å²) >= 11 is 1.50. The van der Waals surface area contributed by atoms with Crippen molar-refractivity contribution in [1.29, 1.82) is 0 Å². The Morgan fingerprint density at radius 3 is 2.83 bits per heavy atom. The summed E-state index contributed by atoms with van der Waals surface area (Å²) in [5.41, 5.74) is 3.82. The third kappa shape index (κ3) is 4.49. The van der Waals surface area contributed by atoms with E-state index in [-0.39, 0.29) is 6.42 Å². The number of carbonyl (C=O) groups is 1. The van der Waals surface area contributed by atoms with Gasteiger partial charge in [0.1, 0.15) is 16.3 Å². The highest BCUT2D eigenvalue weighted by Gasteiger charge is 2.13. The first-order valence-electron chi connectivity index (χ1n) is 9.80. The molecule has 0 amide bonds. The molecule has 0 bridgehead atoms. The van der Waals surface area contributed by atoms with Crippen LogP contribution in [0.25, 0.3) is 21.5 Å². The zero-order valence-corrected chi connectivity index (χ0v) is 17.6. The van der Waals surface area contributed by atoms with Gasteiger partial charge in [-0.2, -0.15) is 0 Å². The molecule has 4 aromatic rings. The first kappa shape index (κ1) is 20.0. The van der Waals surface area contributed by atoms with Gasteiger partial charge in [-0.05, 0) is 37.1 Å². The molecule has 0 aliphatic carbocycles. The fourth-order valence-corrected chi connectivity index (χ4v) is 4.18. The van der Waals surface area contributed by atoms with Gasteiger partial charge < -0.3 is 9.15 Å². The summed E-state index contributed by atoms with van der Waals surface area (Å²) in [4.78, 5) is 28.8. The first-order chi connectivity index (χ1) is 14.5. The third-order valence-corrected chi connectivity index (χ3v) is 5.64. The number of aromatic nitrogens is 1. The fraction of sp³-hybridized carbons (Fsp3) is 0.208. The van der Waals surface area contributed by atoms with Gasteiger partial charge in [-0.1, -0.05) is 37.1 Å². The van der Waals surface area contributed by atoms with E-state index in [1.165, 1.54) is 17.4 Å². The van der Waals surface area contributed by atoms with Gasteiger partial charge in [0, 0.05) is 28.5 Å². The number of ether oxygens (including phenoxy) is 1. The number of benzene rings is 2. The predicted molar refractivity (Wildman–Crippen MR) is 118 cm³/mol. The predicted octanol–water partition coefficient (Wildman–Crippen LogP) is 5.33. The first-order valence-corrected chi connectivity index (χ1v) is 10.7. The molecule has 0 aliphatic heterocycles. The van der Waals surface area contributed by atoms with Gasteiger partial charge >= 0.3 is 11.6 Å². The van der Waals surface area contributed by atoms with Gasteiger partial charge in [0.25, 0.3) is 0 Å². The Kier molecular flexibility index (Phi) is 5.77. The SMILES string of the molecule is CCCc1cc(=O)oc2cc(OC(=O)Cc3csc(-c4cccc(C)c4)n3)ccc12. The molecule has 6 heteroatoms. The normalized spacial score (nSPS) is 11.0. The summed E-state index contributed by atoms with van der Waals surface area (Å²) in [6.07, 6.45) is 1.78. The Morgan fingerprint density at radius 1 is 1.17 bits per heavy atom. The molecule has 2 heterocycles. The van der Waals surface area contributed by atoms with E-state index in [9.17, 15) is 9.59 Å². The number of fused-ring (bicyclic) bond motifs is 1. The summed E-state index contributed by atoms with van der Waals surface area (Å²) in [7, 11) is 0. The molecule has 30 heavy (non-hydrogen) atoms. The lowest BCUT2D eigenvalue weighted by Gasteiger charge is -2.07. The van der Waals surface area contributed by atoms with E-state index < -0.39 is 11.6 Å². The van der Waals surface area contributed by atoms with E-state index in [1.54, 1.807) is 12.1 Å². The lowest BCUT2D eigenvalue weighted by atomic mass is 10.1. The van der Waals surface area contributed by atoms with Crippen molar-refractivity contribution < 1.29 is 13.9 Å². The smallest absolute Gasteiger partial charge is 0.336 e. The van der Waals surface area contributed by atoms with Crippen LogP contribution >= 0.6 is 11.3 Å². The van der Waals surface area contributed by atoms with Gasteiger partial charge in [-0.15, -0.1) is 11.3 Å². The summed E-state index contributed by atoms with van der Waals surface area (Å²) in [5.74, 6) is -0.0686. The summed E-state index contributed by atoms with van der Waals surface area (Å²) in [5, 5.41) is 3.60. The lowest BCUT2D eigenvalue weighted by Crippen LogP contribution is -2.11. The van der Waals surface area contributed by atoms with Crippen LogP contribution in [0.1, 0.15) is 30.2 Å². The number of esters is 1. The van der Waals surface area contributed by atoms with Crippen molar-refractivity contribution in [3.63, 3.8) is 0 Å². The summed E-state index contributed by atoms with van der Waals surface area (Å²) < 4.78 is 10.8.